The second-order valence-corrected chi connectivity index (χ2v) is 10.6. The smallest absolute Gasteiger partial charge is 0.306 e. The number of anilines is 1. The Bertz CT molecular complexity index is 1370. The number of hydrogen-bond donors (Lipinski definition) is 1. The lowest BCUT2D eigenvalue weighted by Crippen LogP contribution is -2.45. The van der Waals surface area contributed by atoms with E-state index in [-0.39, 0.29) is 63.8 Å². The van der Waals surface area contributed by atoms with Gasteiger partial charge < -0.3 is 34.1 Å². The molecule has 1 aliphatic heterocycles. The van der Waals surface area contributed by atoms with Crippen molar-refractivity contribution in [1.29, 1.82) is 0 Å². The van der Waals surface area contributed by atoms with Crippen LogP contribution >= 0.6 is 0 Å². The zero-order valence-corrected chi connectivity index (χ0v) is 26.8. The highest BCUT2D eigenvalue weighted by atomic mass is 16.5. The summed E-state index contributed by atoms with van der Waals surface area (Å²) in [5, 5.41) is 4.64. The third-order valence-electron chi connectivity index (χ3n) is 7.81. The second kappa shape index (κ2) is 17.8. The van der Waals surface area contributed by atoms with Crippen LogP contribution in [0.3, 0.4) is 0 Å². The molecule has 46 heavy (non-hydrogen) atoms. The molecule has 1 aliphatic rings. The molecule has 0 aliphatic carbocycles. The molecular weight excluding hydrogens is 600 g/mol. The number of carbonyl (C=O) groups excluding carboxylic acids is 6. The van der Waals surface area contributed by atoms with E-state index in [0.717, 1.165) is 5.69 Å². The van der Waals surface area contributed by atoms with Crippen molar-refractivity contribution >= 4 is 52.2 Å². The highest BCUT2D eigenvalue weighted by Crippen LogP contribution is 2.34. The van der Waals surface area contributed by atoms with E-state index in [9.17, 15) is 28.8 Å². The van der Waals surface area contributed by atoms with Gasteiger partial charge in [0.25, 0.3) is 11.8 Å². The standard InChI is InChI=1S/C32H42N4O10/c1-43-26(37)10-15-34(16-11-27(38)44-2)19-14-33-25-9-8-24-30-22(25)6-5-7-23(30)31(41)36(32(24)42)21-20-35(17-12-28(39)45-3)18-13-29(40)46-4/h5-9,33H,10-21H2,1-4H3. The summed E-state index contributed by atoms with van der Waals surface area (Å²) in [7, 11) is 5.24. The molecule has 2 amide bonds. The number of carbonyl (C=O) groups is 6. The van der Waals surface area contributed by atoms with Crippen molar-refractivity contribution in [3.63, 3.8) is 0 Å². The minimum Gasteiger partial charge on any atom is -0.469 e. The first-order chi connectivity index (χ1) is 22.1. The van der Waals surface area contributed by atoms with Gasteiger partial charge in [-0.1, -0.05) is 12.1 Å². The van der Waals surface area contributed by atoms with Gasteiger partial charge in [-0.2, -0.15) is 0 Å². The number of methoxy groups -OCH3 is 4. The van der Waals surface area contributed by atoms with Crippen LogP contribution in [0.4, 0.5) is 5.69 Å². The Labute approximate surface area is 267 Å². The summed E-state index contributed by atoms with van der Waals surface area (Å²) in [6.07, 6.45) is 0.527. The lowest BCUT2D eigenvalue weighted by atomic mass is 9.93. The van der Waals surface area contributed by atoms with Crippen molar-refractivity contribution in [1.82, 2.24) is 14.7 Å². The number of nitrogens with zero attached hydrogens (tertiary/aromatic N) is 3. The number of hydrogen-bond acceptors (Lipinski definition) is 13. The first-order valence-corrected chi connectivity index (χ1v) is 15.0. The number of ether oxygens (including phenoxy) is 4. The molecule has 0 unspecified atom stereocenters. The van der Waals surface area contributed by atoms with Crippen LogP contribution in [0.1, 0.15) is 46.4 Å². The van der Waals surface area contributed by atoms with Crippen LogP contribution < -0.4 is 5.32 Å². The molecule has 3 rings (SSSR count). The van der Waals surface area contributed by atoms with Crippen molar-refractivity contribution in [2.24, 2.45) is 0 Å². The summed E-state index contributed by atoms with van der Waals surface area (Å²) < 4.78 is 18.9. The van der Waals surface area contributed by atoms with Gasteiger partial charge in [-0.25, -0.2) is 0 Å². The van der Waals surface area contributed by atoms with Gasteiger partial charge in [0.15, 0.2) is 0 Å². The molecule has 0 atom stereocenters. The third-order valence-corrected chi connectivity index (χ3v) is 7.81. The van der Waals surface area contributed by atoms with E-state index in [4.69, 9.17) is 18.9 Å². The fraction of sp³-hybridized carbons (Fsp3) is 0.500. The van der Waals surface area contributed by atoms with Crippen LogP contribution in [0.25, 0.3) is 10.8 Å². The lowest BCUT2D eigenvalue weighted by molar-refractivity contribution is -0.142. The van der Waals surface area contributed by atoms with Crippen molar-refractivity contribution in [3.05, 3.63) is 41.5 Å². The molecule has 0 saturated heterocycles. The fourth-order valence-corrected chi connectivity index (χ4v) is 5.17. The summed E-state index contributed by atoms with van der Waals surface area (Å²) in [4.78, 5) is 79.0. The van der Waals surface area contributed by atoms with Crippen molar-refractivity contribution < 1.29 is 47.7 Å². The van der Waals surface area contributed by atoms with Gasteiger partial charge in [0.2, 0.25) is 0 Å². The fourth-order valence-electron chi connectivity index (χ4n) is 5.17. The predicted octanol–water partition coefficient (Wildman–Crippen LogP) is 1.70. The average Bonchev–Trinajstić information content (AvgIpc) is 3.08. The van der Waals surface area contributed by atoms with E-state index in [0.29, 0.717) is 48.1 Å². The highest BCUT2D eigenvalue weighted by molar-refractivity contribution is 6.26. The van der Waals surface area contributed by atoms with Crippen molar-refractivity contribution in [3.8, 4) is 0 Å². The monoisotopic (exact) mass is 642 g/mol. The van der Waals surface area contributed by atoms with Crippen molar-refractivity contribution in [2.45, 2.75) is 25.7 Å². The summed E-state index contributed by atoms with van der Waals surface area (Å²) in [6.45, 7) is 2.64. The largest absolute Gasteiger partial charge is 0.469 e. The topological polar surface area (TPSA) is 161 Å². The molecule has 0 radical (unpaired) electrons. The molecule has 0 fully saturated rings. The van der Waals surface area contributed by atoms with Crippen LogP contribution in [0, 0.1) is 0 Å². The summed E-state index contributed by atoms with van der Waals surface area (Å²) in [6, 6.07) is 8.77. The van der Waals surface area contributed by atoms with Gasteiger partial charge in [-0.3, -0.25) is 33.7 Å². The van der Waals surface area contributed by atoms with Crippen LogP contribution in [0.5, 0.6) is 0 Å². The van der Waals surface area contributed by atoms with E-state index in [2.05, 4.69) is 5.32 Å². The molecule has 0 aromatic heterocycles. The average molecular weight is 643 g/mol. The van der Waals surface area contributed by atoms with Gasteiger partial charge in [-0.15, -0.1) is 0 Å². The number of amides is 2. The Kier molecular flexibility index (Phi) is 13.9. The normalized spacial score (nSPS) is 12.4. The molecule has 1 N–H and O–H groups in total. The maximum Gasteiger partial charge on any atom is 0.306 e. The van der Waals surface area contributed by atoms with E-state index >= 15 is 0 Å². The molecule has 2 aromatic rings. The summed E-state index contributed by atoms with van der Waals surface area (Å²) >= 11 is 0. The van der Waals surface area contributed by atoms with Gasteiger partial charge in [-0.05, 0) is 18.2 Å². The third kappa shape index (κ3) is 9.72. The van der Waals surface area contributed by atoms with Crippen LogP contribution in [0.2, 0.25) is 0 Å². The summed E-state index contributed by atoms with van der Waals surface area (Å²) in [5.41, 5.74) is 1.51. The summed E-state index contributed by atoms with van der Waals surface area (Å²) in [5.74, 6) is -2.38. The molecule has 0 saturated carbocycles. The molecule has 2 aromatic carbocycles. The van der Waals surface area contributed by atoms with Crippen molar-refractivity contribution in [2.75, 3.05) is 86.1 Å². The molecule has 1 heterocycles. The zero-order chi connectivity index (χ0) is 33.6. The zero-order valence-electron chi connectivity index (χ0n) is 26.8. The van der Waals surface area contributed by atoms with Crippen LogP contribution in [-0.2, 0) is 38.1 Å². The van der Waals surface area contributed by atoms with Gasteiger partial charge in [0, 0.05) is 79.9 Å². The number of esters is 4. The quantitative estimate of drug-likeness (QED) is 0.134. The van der Waals surface area contributed by atoms with E-state index in [1.807, 2.05) is 15.9 Å². The Balaban J connectivity index is 1.73. The maximum atomic E-state index is 13.6. The molecule has 0 bridgehead atoms. The first-order valence-electron chi connectivity index (χ1n) is 15.0. The Morgan fingerprint density at radius 2 is 1.09 bits per heavy atom. The molecular formula is C32H42N4O10. The second-order valence-electron chi connectivity index (χ2n) is 10.6. The lowest BCUT2D eigenvalue weighted by Gasteiger charge is -2.30. The minimum atomic E-state index is -0.432. The Morgan fingerprint density at radius 3 is 1.57 bits per heavy atom. The molecule has 250 valence electrons. The number of nitrogens with one attached hydrogen (secondary N) is 1. The van der Waals surface area contributed by atoms with Gasteiger partial charge >= 0.3 is 23.9 Å². The molecule has 14 heteroatoms. The molecule has 14 nitrogen and oxygen atoms in total. The van der Waals surface area contributed by atoms with E-state index in [1.54, 1.807) is 24.3 Å². The van der Waals surface area contributed by atoms with E-state index < -0.39 is 23.8 Å². The minimum absolute atomic E-state index is 0.0584. The van der Waals surface area contributed by atoms with Crippen LogP contribution in [-0.4, -0.2) is 131 Å². The Hall–Kier alpha value is -4.56. The van der Waals surface area contributed by atoms with Gasteiger partial charge in [0.1, 0.15) is 0 Å². The number of benzene rings is 2. The molecule has 0 spiro atoms. The highest BCUT2D eigenvalue weighted by Gasteiger charge is 2.33. The predicted molar refractivity (Wildman–Crippen MR) is 167 cm³/mol. The maximum absolute atomic E-state index is 13.6. The SMILES string of the molecule is COC(=O)CCN(CCNc1ccc2c3c(cccc13)C(=O)N(CCN(CCC(=O)OC)CCC(=O)OC)C2=O)CCC(=O)OC. The first kappa shape index (κ1) is 35.9. The van der Waals surface area contributed by atoms with Crippen LogP contribution in [0.15, 0.2) is 30.3 Å². The number of imide groups is 1. The Morgan fingerprint density at radius 1 is 0.630 bits per heavy atom. The van der Waals surface area contributed by atoms with Gasteiger partial charge in [0.05, 0.1) is 54.1 Å². The number of rotatable bonds is 19. The van der Waals surface area contributed by atoms with E-state index in [1.165, 1.54) is 33.3 Å².